The molecule has 0 amide bonds. The minimum absolute atomic E-state index is 0.0204. The van der Waals surface area contributed by atoms with Gasteiger partial charge in [-0.3, -0.25) is 0 Å². The van der Waals surface area contributed by atoms with E-state index in [4.69, 9.17) is 0 Å². The number of hydrogen-bond donors (Lipinski definition) is 2. The third-order valence-corrected chi connectivity index (χ3v) is 4.36. The molecule has 0 aliphatic carbocycles. The quantitative estimate of drug-likeness (QED) is 0.544. The Hall–Kier alpha value is -2.42. The van der Waals surface area contributed by atoms with Crippen molar-refractivity contribution < 1.29 is 10.2 Å². The zero-order chi connectivity index (χ0) is 15.1. The predicted molar refractivity (Wildman–Crippen MR) is 90.8 cm³/mol. The van der Waals surface area contributed by atoms with Crippen molar-refractivity contribution in [2.24, 2.45) is 0 Å². The molecule has 4 aromatic rings. The Bertz CT molecular complexity index is 1000. The van der Waals surface area contributed by atoms with E-state index in [0.717, 1.165) is 38.1 Å². The topological polar surface area (TPSA) is 40.5 Å². The van der Waals surface area contributed by atoms with Gasteiger partial charge >= 0.3 is 0 Å². The summed E-state index contributed by atoms with van der Waals surface area (Å²) in [6, 6.07) is 20.5. The maximum atomic E-state index is 9.73. The molecule has 0 heterocycles. The van der Waals surface area contributed by atoms with Crippen molar-refractivity contribution in [3.63, 3.8) is 0 Å². The van der Waals surface area contributed by atoms with Gasteiger partial charge in [0.25, 0.3) is 0 Å². The van der Waals surface area contributed by atoms with E-state index in [9.17, 15) is 10.2 Å². The molecule has 0 atom stereocenters. The molecule has 2 heteroatoms. The van der Waals surface area contributed by atoms with Crippen LogP contribution in [-0.4, -0.2) is 10.2 Å². The molecular weight excluding hydrogens is 272 g/mol. The van der Waals surface area contributed by atoms with Gasteiger partial charge in [0.05, 0.1) is 13.2 Å². The Labute approximate surface area is 128 Å². The minimum Gasteiger partial charge on any atom is -0.392 e. The molecule has 0 saturated heterocycles. The van der Waals surface area contributed by atoms with Crippen molar-refractivity contribution in [2.45, 2.75) is 13.2 Å². The lowest BCUT2D eigenvalue weighted by Crippen LogP contribution is -1.90. The first-order chi connectivity index (χ1) is 10.8. The zero-order valence-electron chi connectivity index (χ0n) is 12.1. The lowest BCUT2D eigenvalue weighted by atomic mass is 9.93. The molecule has 4 aromatic carbocycles. The second-order valence-corrected chi connectivity index (χ2v) is 5.61. The van der Waals surface area contributed by atoms with Crippen molar-refractivity contribution in [3.05, 3.63) is 71.8 Å². The van der Waals surface area contributed by atoms with Crippen LogP contribution in [0.1, 0.15) is 11.1 Å². The standard InChI is InChI=1S/C20H16O2/c21-11-13-5-6-14-7-8-18-17-4-2-1-3-16(17)15(12-22)10-20(18)19(14)9-13/h1-10,21-22H,11-12H2. The fraction of sp³-hybridized carbons (Fsp3) is 0.100. The molecule has 2 N–H and O–H groups in total. The average Bonchev–Trinajstić information content (AvgIpc) is 2.60. The Morgan fingerprint density at radius 1 is 0.591 bits per heavy atom. The van der Waals surface area contributed by atoms with Gasteiger partial charge in [0, 0.05) is 0 Å². The molecule has 0 saturated carbocycles. The fourth-order valence-corrected chi connectivity index (χ4v) is 3.26. The highest BCUT2D eigenvalue weighted by atomic mass is 16.3. The highest BCUT2D eigenvalue weighted by Gasteiger charge is 2.09. The third kappa shape index (κ3) is 1.89. The molecule has 0 aliphatic heterocycles. The maximum absolute atomic E-state index is 9.73. The van der Waals surface area contributed by atoms with Gasteiger partial charge in [0.15, 0.2) is 0 Å². The van der Waals surface area contributed by atoms with Crippen LogP contribution in [0.4, 0.5) is 0 Å². The number of aliphatic hydroxyl groups is 2. The van der Waals surface area contributed by atoms with Crippen LogP contribution in [-0.2, 0) is 13.2 Å². The molecule has 108 valence electrons. The summed E-state index contributed by atoms with van der Waals surface area (Å²) >= 11 is 0. The zero-order valence-corrected chi connectivity index (χ0v) is 12.1. The van der Waals surface area contributed by atoms with E-state index in [0.29, 0.717) is 0 Å². The summed E-state index contributed by atoms with van der Waals surface area (Å²) in [4.78, 5) is 0. The predicted octanol–water partition coefficient (Wildman–Crippen LogP) is 4.13. The van der Waals surface area contributed by atoms with E-state index in [1.807, 2.05) is 30.3 Å². The summed E-state index contributed by atoms with van der Waals surface area (Å²) in [7, 11) is 0. The Balaban J connectivity index is 2.23. The largest absolute Gasteiger partial charge is 0.392 e. The normalized spacial score (nSPS) is 11.5. The van der Waals surface area contributed by atoms with Crippen LogP contribution in [0.3, 0.4) is 0 Å². The second-order valence-electron chi connectivity index (χ2n) is 5.61. The molecule has 2 nitrogen and oxygen atoms in total. The van der Waals surface area contributed by atoms with Crippen LogP contribution in [0.25, 0.3) is 32.3 Å². The third-order valence-electron chi connectivity index (χ3n) is 4.36. The maximum Gasteiger partial charge on any atom is 0.0688 e. The molecule has 0 bridgehead atoms. The molecule has 0 radical (unpaired) electrons. The monoisotopic (exact) mass is 288 g/mol. The molecule has 4 rings (SSSR count). The van der Waals surface area contributed by atoms with Crippen molar-refractivity contribution in [1.82, 2.24) is 0 Å². The van der Waals surface area contributed by atoms with Gasteiger partial charge in [0.2, 0.25) is 0 Å². The summed E-state index contributed by atoms with van der Waals surface area (Å²) in [6.07, 6.45) is 0. The average molecular weight is 288 g/mol. The number of fused-ring (bicyclic) bond motifs is 5. The summed E-state index contributed by atoms with van der Waals surface area (Å²) in [5.41, 5.74) is 1.84. The van der Waals surface area contributed by atoms with E-state index < -0.39 is 0 Å². The molecule has 0 fully saturated rings. The van der Waals surface area contributed by atoms with Crippen LogP contribution in [0.5, 0.6) is 0 Å². The highest BCUT2D eigenvalue weighted by Crippen LogP contribution is 2.34. The summed E-state index contributed by atoms with van der Waals surface area (Å²) in [5, 5.41) is 25.9. The summed E-state index contributed by atoms with van der Waals surface area (Å²) < 4.78 is 0. The van der Waals surface area contributed by atoms with Gasteiger partial charge in [-0.15, -0.1) is 0 Å². The van der Waals surface area contributed by atoms with E-state index in [1.54, 1.807) is 0 Å². The van der Waals surface area contributed by atoms with Crippen LogP contribution in [0.15, 0.2) is 60.7 Å². The van der Waals surface area contributed by atoms with Crippen molar-refractivity contribution in [2.75, 3.05) is 0 Å². The molecule has 0 aromatic heterocycles. The number of aliphatic hydroxyl groups excluding tert-OH is 2. The molecule has 0 aliphatic rings. The van der Waals surface area contributed by atoms with Crippen LogP contribution >= 0.6 is 0 Å². The van der Waals surface area contributed by atoms with Gasteiger partial charge in [-0.2, -0.15) is 0 Å². The lowest BCUT2D eigenvalue weighted by Gasteiger charge is -2.12. The molecule has 0 unspecified atom stereocenters. The first kappa shape index (κ1) is 13.3. The van der Waals surface area contributed by atoms with Gasteiger partial charge in [-0.05, 0) is 55.6 Å². The van der Waals surface area contributed by atoms with Gasteiger partial charge in [-0.1, -0.05) is 48.5 Å². The van der Waals surface area contributed by atoms with Gasteiger partial charge < -0.3 is 10.2 Å². The number of hydrogen-bond acceptors (Lipinski definition) is 2. The van der Waals surface area contributed by atoms with Crippen LogP contribution in [0, 0.1) is 0 Å². The van der Waals surface area contributed by atoms with E-state index >= 15 is 0 Å². The lowest BCUT2D eigenvalue weighted by molar-refractivity contribution is 0.282. The Morgan fingerprint density at radius 2 is 1.32 bits per heavy atom. The highest BCUT2D eigenvalue weighted by molar-refractivity contribution is 6.18. The van der Waals surface area contributed by atoms with Gasteiger partial charge in [-0.25, -0.2) is 0 Å². The fourth-order valence-electron chi connectivity index (χ4n) is 3.26. The van der Waals surface area contributed by atoms with E-state index in [1.165, 1.54) is 5.39 Å². The molecule has 22 heavy (non-hydrogen) atoms. The Morgan fingerprint density at radius 3 is 2.09 bits per heavy atom. The van der Waals surface area contributed by atoms with Crippen molar-refractivity contribution in [3.8, 4) is 0 Å². The van der Waals surface area contributed by atoms with Gasteiger partial charge in [0.1, 0.15) is 0 Å². The second kappa shape index (κ2) is 5.09. The van der Waals surface area contributed by atoms with Crippen LogP contribution in [0.2, 0.25) is 0 Å². The summed E-state index contributed by atoms with van der Waals surface area (Å²) in [5.74, 6) is 0. The van der Waals surface area contributed by atoms with Crippen molar-refractivity contribution in [1.29, 1.82) is 0 Å². The Kier molecular flexibility index (Phi) is 3.07. The number of rotatable bonds is 2. The summed E-state index contributed by atoms with van der Waals surface area (Å²) in [6.45, 7) is 0.0549. The SMILES string of the molecule is OCc1ccc2ccc3c4ccccc4c(CO)cc3c2c1. The van der Waals surface area contributed by atoms with Crippen LogP contribution < -0.4 is 0 Å². The molecule has 0 spiro atoms. The van der Waals surface area contributed by atoms with E-state index in [-0.39, 0.29) is 13.2 Å². The number of benzene rings is 4. The first-order valence-electron chi connectivity index (χ1n) is 7.39. The minimum atomic E-state index is 0.0204. The molecular formula is C20H16O2. The smallest absolute Gasteiger partial charge is 0.0688 e. The van der Waals surface area contributed by atoms with Crippen molar-refractivity contribution >= 4 is 32.3 Å². The first-order valence-corrected chi connectivity index (χ1v) is 7.39. The van der Waals surface area contributed by atoms with E-state index in [2.05, 4.69) is 30.3 Å².